The van der Waals surface area contributed by atoms with Crippen molar-refractivity contribution in [2.45, 2.75) is 0 Å². The second kappa shape index (κ2) is 6.82. The molecule has 0 bridgehead atoms. The van der Waals surface area contributed by atoms with Crippen molar-refractivity contribution in [2.24, 2.45) is 5.16 Å². The lowest BCUT2D eigenvalue weighted by molar-refractivity contribution is 0.276. The maximum Gasteiger partial charge on any atom is 0.266 e. The van der Waals surface area contributed by atoms with Gasteiger partial charge < -0.3 is 14.4 Å². The summed E-state index contributed by atoms with van der Waals surface area (Å²) in [5.74, 6) is 0.569. The third-order valence-electron chi connectivity index (χ3n) is 3.92. The molecule has 0 unspecified atom stereocenters. The number of thiazole rings is 1. The molecule has 0 atom stereocenters. The van der Waals surface area contributed by atoms with Crippen LogP contribution in [0, 0.1) is 0 Å². The molecule has 0 radical (unpaired) electrons. The molecule has 0 saturated carbocycles. The van der Waals surface area contributed by atoms with Gasteiger partial charge in [-0.2, -0.15) is 0 Å². The van der Waals surface area contributed by atoms with Gasteiger partial charge in [0.15, 0.2) is 11.3 Å². The summed E-state index contributed by atoms with van der Waals surface area (Å²) in [5.41, 5.74) is 2.98. The monoisotopic (exact) mass is 384 g/mol. The van der Waals surface area contributed by atoms with Gasteiger partial charge >= 0.3 is 0 Å². The van der Waals surface area contributed by atoms with Crippen molar-refractivity contribution in [1.82, 2.24) is 4.98 Å². The van der Waals surface area contributed by atoms with E-state index in [-0.39, 0.29) is 5.55 Å². The topological polar surface area (TPSA) is 67.9 Å². The van der Waals surface area contributed by atoms with Gasteiger partial charge in [0.25, 0.3) is 5.55 Å². The van der Waals surface area contributed by atoms with E-state index >= 15 is 0 Å². The van der Waals surface area contributed by atoms with Crippen LogP contribution in [-0.4, -0.2) is 17.3 Å². The molecule has 4 rings (SSSR count). The average molecular weight is 385 g/mol. The van der Waals surface area contributed by atoms with E-state index in [1.807, 2.05) is 47.8 Å². The number of nitrogens with zero attached hydrogens (tertiary/aromatic N) is 2. The summed E-state index contributed by atoms with van der Waals surface area (Å²) >= 11 is 7.38. The number of benzene rings is 2. The van der Waals surface area contributed by atoms with Gasteiger partial charge in [-0.15, -0.1) is 11.3 Å². The fourth-order valence-corrected chi connectivity index (χ4v) is 3.63. The fourth-order valence-electron chi connectivity index (χ4n) is 2.66. The average Bonchev–Trinajstić information content (AvgIpc) is 3.17. The van der Waals surface area contributed by atoms with Gasteiger partial charge in [0.2, 0.25) is 0 Å². The maximum absolute atomic E-state index is 9.41. The van der Waals surface area contributed by atoms with E-state index in [0.717, 1.165) is 16.6 Å². The first-order valence-electron chi connectivity index (χ1n) is 7.70. The Balaban J connectivity index is 1.85. The predicted octanol–water partition coefficient (Wildman–Crippen LogP) is 5.18. The SMILES string of the molecule is COc1cccc2cc(-c3nc(-c4ccc(Cl)cc4)cs3)/c(=N/O)oc12. The second-order valence-electron chi connectivity index (χ2n) is 5.49. The van der Waals surface area contributed by atoms with E-state index in [2.05, 4.69) is 10.1 Å². The molecule has 0 aliphatic heterocycles. The van der Waals surface area contributed by atoms with Crippen molar-refractivity contribution in [3.05, 3.63) is 64.5 Å². The van der Waals surface area contributed by atoms with Crippen LogP contribution in [0.15, 0.2) is 63.5 Å². The predicted molar refractivity (Wildman–Crippen MR) is 102 cm³/mol. The molecule has 4 aromatic rings. The number of rotatable bonds is 3. The number of hydrogen-bond acceptors (Lipinski definition) is 6. The highest BCUT2D eigenvalue weighted by Gasteiger charge is 2.14. The number of hydrogen-bond donors (Lipinski definition) is 1. The molecule has 2 aromatic carbocycles. The number of methoxy groups -OCH3 is 1. The number of halogens is 1. The highest BCUT2D eigenvalue weighted by atomic mass is 35.5. The van der Waals surface area contributed by atoms with Crippen molar-refractivity contribution < 1.29 is 14.4 Å². The fraction of sp³-hybridized carbons (Fsp3) is 0.0526. The number of ether oxygens (including phenoxy) is 1. The summed E-state index contributed by atoms with van der Waals surface area (Å²) in [6, 6.07) is 14.9. The Hall–Kier alpha value is -2.83. The van der Waals surface area contributed by atoms with Crippen molar-refractivity contribution >= 4 is 33.9 Å². The Labute approximate surface area is 157 Å². The molecule has 2 aromatic heterocycles. The summed E-state index contributed by atoms with van der Waals surface area (Å²) in [4.78, 5) is 4.65. The van der Waals surface area contributed by atoms with Crippen molar-refractivity contribution in [1.29, 1.82) is 0 Å². The van der Waals surface area contributed by atoms with Crippen LogP contribution in [0.4, 0.5) is 0 Å². The molecule has 5 nitrogen and oxygen atoms in total. The minimum atomic E-state index is 0.0824. The summed E-state index contributed by atoms with van der Waals surface area (Å²) in [6.07, 6.45) is 0. The smallest absolute Gasteiger partial charge is 0.266 e. The Morgan fingerprint density at radius 1 is 1.19 bits per heavy atom. The maximum atomic E-state index is 9.41. The van der Waals surface area contributed by atoms with Gasteiger partial charge in [-0.3, -0.25) is 0 Å². The molecular weight excluding hydrogens is 372 g/mol. The van der Waals surface area contributed by atoms with Crippen LogP contribution in [0.2, 0.25) is 5.02 Å². The van der Waals surface area contributed by atoms with Gasteiger partial charge in [-0.05, 0) is 29.4 Å². The highest BCUT2D eigenvalue weighted by Crippen LogP contribution is 2.31. The lowest BCUT2D eigenvalue weighted by Gasteiger charge is -2.05. The van der Waals surface area contributed by atoms with Crippen LogP contribution in [0.5, 0.6) is 5.75 Å². The van der Waals surface area contributed by atoms with Gasteiger partial charge in [0, 0.05) is 21.4 Å². The van der Waals surface area contributed by atoms with E-state index in [1.165, 1.54) is 11.3 Å². The minimum absolute atomic E-state index is 0.0824. The minimum Gasteiger partial charge on any atom is -0.493 e. The zero-order valence-corrected chi connectivity index (χ0v) is 15.2. The van der Waals surface area contributed by atoms with Gasteiger partial charge in [0.05, 0.1) is 18.4 Å². The Morgan fingerprint density at radius 3 is 2.73 bits per heavy atom. The standard InChI is InChI=1S/C19H13ClN2O3S/c1-24-16-4-2-3-12-9-14(18(22-23)25-17(12)16)19-21-15(10-26-19)11-5-7-13(20)8-6-11/h2-10,23H,1H3/b22-18-. The van der Waals surface area contributed by atoms with E-state index in [0.29, 0.717) is 26.9 Å². The molecule has 0 aliphatic rings. The summed E-state index contributed by atoms with van der Waals surface area (Å²) in [6.45, 7) is 0. The molecule has 7 heteroatoms. The van der Waals surface area contributed by atoms with E-state index in [1.54, 1.807) is 13.2 Å². The van der Waals surface area contributed by atoms with Crippen molar-refractivity contribution in [3.8, 4) is 27.6 Å². The van der Waals surface area contributed by atoms with Gasteiger partial charge in [0.1, 0.15) is 5.01 Å². The zero-order valence-electron chi connectivity index (χ0n) is 13.6. The summed E-state index contributed by atoms with van der Waals surface area (Å²) in [5, 5.41) is 16.8. The normalized spacial score (nSPS) is 11.8. The van der Waals surface area contributed by atoms with Crippen LogP contribution in [0.25, 0.3) is 32.8 Å². The zero-order chi connectivity index (χ0) is 18.1. The van der Waals surface area contributed by atoms with Crippen LogP contribution in [-0.2, 0) is 0 Å². The van der Waals surface area contributed by atoms with Crippen molar-refractivity contribution in [3.63, 3.8) is 0 Å². The lowest BCUT2D eigenvalue weighted by atomic mass is 10.1. The van der Waals surface area contributed by atoms with E-state index in [4.69, 9.17) is 20.8 Å². The number of aromatic nitrogens is 1. The highest BCUT2D eigenvalue weighted by molar-refractivity contribution is 7.13. The molecule has 26 heavy (non-hydrogen) atoms. The van der Waals surface area contributed by atoms with E-state index in [9.17, 15) is 5.21 Å². The van der Waals surface area contributed by atoms with E-state index < -0.39 is 0 Å². The Kier molecular flexibility index (Phi) is 4.36. The van der Waals surface area contributed by atoms with Crippen molar-refractivity contribution in [2.75, 3.05) is 7.11 Å². The number of para-hydroxylation sites is 1. The van der Waals surface area contributed by atoms with Crippen LogP contribution in [0.1, 0.15) is 0 Å². The molecule has 0 saturated heterocycles. The molecule has 0 spiro atoms. The number of fused-ring (bicyclic) bond motifs is 1. The largest absolute Gasteiger partial charge is 0.493 e. The third kappa shape index (κ3) is 2.94. The summed E-state index contributed by atoms with van der Waals surface area (Å²) in [7, 11) is 1.56. The van der Waals surface area contributed by atoms with Gasteiger partial charge in [-0.1, -0.05) is 35.9 Å². The van der Waals surface area contributed by atoms with Crippen LogP contribution in [0.3, 0.4) is 0 Å². The molecule has 130 valence electrons. The lowest BCUT2D eigenvalue weighted by Crippen LogP contribution is -2.06. The van der Waals surface area contributed by atoms with Crippen LogP contribution < -0.4 is 10.3 Å². The first-order valence-corrected chi connectivity index (χ1v) is 8.96. The Bertz CT molecular complexity index is 1150. The second-order valence-corrected chi connectivity index (χ2v) is 6.78. The molecular formula is C19H13ClN2O3S. The third-order valence-corrected chi connectivity index (χ3v) is 5.05. The van der Waals surface area contributed by atoms with Gasteiger partial charge in [-0.25, -0.2) is 4.98 Å². The molecule has 2 heterocycles. The first kappa shape index (κ1) is 16.6. The van der Waals surface area contributed by atoms with Crippen LogP contribution >= 0.6 is 22.9 Å². The molecule has 0 amide bonds. The molecule has 0 fully saturated rings. The molecule has 1 N–H and O–H groups in total. The summed E-state index contributed by atoms with van der Waals surface area (Å²) < 4.78 is 11.1. The first-order chi connectivity index (χ1) is 12.7. The Morgan fingerprint density at radius 2 is 2.00 bits per heavy atom. The quantitative estimate of drug-likeness (QED) is 0.390. The molecule has 0 aliphatic carbocycles.